The Morgan fingerprint density at radius 2 is 1.89 bits per heavy atom. The highest BCUT2D eigenvalue weighted by Gasteiger charge is 2.16. The second-order valence-electron chi connectivity index (χ2n) is 4.40. The third-order valence-electron chi connectivity index (χ3n) is 3.18. The molecular weight excluding hydrogens is 224 g/mol. The zero-order valence-corrected chi connectivity index (χ0v) is 10.1. The van der Waals surface area contributed by atoms with E-state index in [1.807, 2.05) is 55.6 Å². The van der Waals surface area contributed by atoms with Crippen LogP contribution in [-0.4, -0.2) is 14.7 Å². The summed E-state index contributed by atoms with van der Waals surface area (Å²) in [6, 6.07) is 13.6. The maximum atomic E-state index is 10.4. The van der Waals surface area contributed by atoms with Crippen molar-refractivity contribution in [2.45, 2.75) is 13.0 Å². The van der Waals surface area contributed by atoms with Crippen LogP contribution < -0.4 is 0 Å². The van der Waals surface area contributed by atoms with Crippen molar-refractivity contribution in [2.75, 3.05) is 0 Å². The Bertz CT molecular complexity index is 673. The Morgan fingerprint density at radius 3 is 2.67 bits per heavy atom. The monoisotopic (exact) mass is 238 g/mol. The van der Waals surface area contributed by atoms with E-state index in [0.29, 0.717) is 0 Å². The van der Waals surface area contributed by atoms with Crippen molar-refractivity contribution in [1.82, 2.24) is 9.61 Å². The van der Waals surface area contributed by atoms with Gasteiger partial charge in [0.15, 0.2) is 0 Å². The van der Waals surface area contributed by atoms with Crippen molar-refractivity contribution in [3.05, 3.63) is 71.5 Å². The minimum Gasteiger partial charge on any atom is -0.384 e. The quantitative estimate of drug-likeness (QED) is 0.745. The SMILES string of the molecule is Cc1cccn2ncc(C(O)c3ccccc3)c12. The Morgan fingerprint density at radius 1 is 1.11 bits per heavy atom. The molecule has 90 valence electrons. The molecule has 0 aliphatic rings. The van der Waals surface area contributed by atoms with E-state index < -0.39 is 6.10 Å². The lowest BCUT2D eigenvalue weighted by molar-refractivity contribution is 0.222. The van der Waals surface area contributed by atoms with Crippen LogP contribution in [0.2, 0.25) is 0 Å². The van der Waals surface area contributed by atoms with E-state index in [9.17, 15) is 5.11 Å². The molecule has 2 heterocycles. The second kappa shape index (κ2) is 4.27. The van der Waals surface area contributed by atoms with Crippen LogP contribution in [0.25, 0.3) is 5.52 Å². The van der Waals surface area contributed by atoms with E-state index in [2.05, 4.69) is 5.10 Å². The normalized spacial score (nSPS) is 12.8. The third-order valence-corrected chi connectivity index (χ3v) is 3.18. The third kappa shape index (κ3) is 1.69. The van der Waals surface area contributed by atoms with Crippen LogP contribution in [0.1, 0.15) is 22.8 Å². The van der Waals surface area contributed by atoms with Gasteiger partial charge in [-0.2, -0.15) is 5.10 Å². The molecule has 0 aliphatic heterocycles. The molecule has 0 fully saturated rings. The smallest absolute Gasteiger partial charge is 0.108 e. The van der Waals surface area contributed by atoms with Crippen molar-refractivity contribution >= 4 is 5.52 Å². The summed E-state index contributed by atoms with van der Waals surface area (Å²) in [7, 11) is 0. The fraction of sp³-hybridized carbons (Fsp3) is 0.133. The van der Waals surface area contributed by atoms with Gasteiger partial charge in [0.25, 0.3) is 0 Å². The first-order valence-electron chi connectivity index (χ1n) is 5.93. The van der Waals surface area contributed by atoms with Crippen molar-refractivity contribution in [1.29, 1.82) is 0 Å². The number of nitrogens with zero attached hydrogens (tertiary/aromatic N) is 2. The Hall–Kier alpha value is -2.13. The first-order valence-corrected chi connectivity index (χ1v) is 5.93. The van der Waals surface area contributed by atoms with Gasteiger partial charge in [-0.25, -0.2) is 4.52 Å². The number of rotatable bonds is 2. The number of aliphatic hydroxyl groups is 1. The molecule has 0 radical (unpaired) electrons. The summed E-state index contributed by atoms with van der Waals surface area (Å²) in [6.45, 7) is 2.03. The van der Waals surface area contributed by atoms with Crippen molar-refractivity contribution in [3.8, 4) is 0 Å². The molecule has 1 aromatic carbocycles. The molecule has 3 rings (SSSR count). The predicted molar refractivity (Wildman–Crippen MR) is 70.4 cm³/mol. The van der Waals surface area contributed by atoms with Gasteiger partial charge in [-0.1, -0.05) is 36.4 Å². The number of aliphatic hydroxyl groups excluding tert-OH is 1. The first-order chi connectivity index (χ1) is 8.77. The lowest BCUT2D eigenvalue weighted by atomic mass is 10.0. The van der Waals surface area contributed by atoms with E-state index >= 15 is 0 Å². The van der Waals surface area contributed by atoms with Crippen LogP contribution in [0, 0.1) is 6.92 Å². The van der Waals surface area contributed by atoms with Crippen molar-refractivity contribution in [3.63, 3.8) is 0 Å². The van der Waals surface area contributed by atoms with E-state index in [1.165, 1.54) is 0 Å². The van der Waals surface area contributed by atoms with Crippen LogP contribution in [-0.2, 0) is 0 Å². The van der Waals surface area contributed by atoms with Gasteiger partial charge in [0.05, 0.1) is 11.7 Å². The van der Waals surface area contributed by atoms with E-state index in [1.54, 1.807) is 10.7 Å². The van der Waals surface area contributed by atoms with Gasteiger partial charge in [0, 0.05) is 11.8 Å². The largest absolute Gasteiger partial charge is 0.384 e. The Labute approximate surface area is 105 Å². The predicted octanol–water partition coefficient (Wildman–Crippen LogP) is 2.72. The lowest BCUT2D eigenvalue weighted by Crippen LogP contribution is -1.99. The number of benzene rings is 1. The number of pyridine rings is 1. The molecule has 3 aromatic rings. The number of hydrogen-bond acceptors (Lipinski definition) is 2. The second-order valence-corrected chi connectivity index (χ2v) is 4.40. The van der Waals surface area contributed by atoms with E-state index in [-0.39, 0.29) is 0 Å². The maximum Gasteiger partial charge on any atom is 0.108 e. The zero-order valence-electron chi connectivity index (χ0n) is 10.1. The fourth-order valence-electron chi connectivity index (χ4n) is 2.26. The number of fused-ring (bicyclic) bond motifs is 1. The van der Waals surface area contributed by atoms with Gasteiger partial charge >= 0.3 is 0 Å². The van der Waals surface area contributed by atoms with Crippen LogP contribution in [0.3, 0.4) is 0 Å². The summed E-state index contributed by atoms with van der Waals surface area (Å²) in [5.41, 5.74) is 3.82. The lowest BCUT2D eigenvalue weighted by Gasteiger charge is -2.10. The molecule has 18 heavy (non-hydrogen) atoms. The Kier molecular flexibility index (Phi) is 2.61. The molecule has 3 heteroatoms. The molecule has 0 spiro atoms. The van der Waals surface area contributed by atoms with Gasteiger partial charge in [-0.15, -0.1) is 0 Å². The average Bonchev–Trinajstić information content (AvgIpc) is 2.84. The highest BCUT2D eigenvalue weighted by Crippen LogP contribution is 2.26. The van der Waals surface area contributed by atoms with Gasteiger partial charge < -0.3 is 5.11 Å². The minimum atomic E-state index is -0.634. The highest BCUT2D eigenvalue weighted by atomic mass is 16.3. The van der Waals surface area contributed by atoms with Gasteiger partial charge in [-0.3, -0.25) is 0 Å². The van der Waals surface area contributed by atoms with Crippen LogP contribution in [0.5, 0.6) is 0 Å². The van der Waals surface area contributed by atoms with E-state index in [0.717, 1.165) is 22.2 Å². The molecule has 0 aliphatic carbocycles. The summed E-state index contributed by atoms with van der Waals surface area (Å²) in [5.74, 6) is 0. The molecular formula is C15H14N2O. The van der Waals surface area contributed by atoms with Gasteiger partial charge in [0.2, 0.25) is 0 Å². The number of aryl methyl sites for hydroxylation is 1. The standard InChI is InChI=1S/C15H14N2O/c1-11-6-5-9-17-14(11)13(10-16-17)15(18)12-7-3-2-4-8-12/h2-10,15,18H,1H3. The molecule has 0 saturated carbocycles. The fourth-order valence-corrected chi connectivity index (χ4v) is 2.26. The molecule has 3 nitrogen and oxygen atoms in total. The van der Waals surface area contributed by atoms with Gasteiger partial charge in [-0.05, 0) is 24.1 Å². The van der Waals surface area contributed by atoms with Crippen molar-refractivity contribution in [2.24, 2.45) is 0 Å². The van der Waals surface area contributed by atoms with Crippen LogP contribution in [0.15, 0.2) is 54.9 Å². The molecule has 1 N–H and O–H groups in total. The molecule has 0 saturated heterocycles. The maximum absolute atomic E-state index is 10.4. The highest BCUT2D eigenvalue weighted by molar-refractivity contribution is 5.61. The minimum absolute atomic E-state index is 0.634. The first kappa shape index (κ1) is 11.0. The molecule has 2 aromatic heterocycles. The summed E-state index contributed by atoms with van der Waals surface area (Å²) in [5, 5.41) is 14.7. The number of hydrogen-bond donors (Lipinski definition) is 1. The summed E-state index contributed by atoms with van der Waals surface area (Å²) in [6.07, 6.45) is 2.99. The summed E-state index contributed by atoms with van der Waals surface area (Å²) >= 11 is 0. The number of aromatic nitrogens is 2. The zero-order chi connectivity index (χ0) is 12.5. The summed E-state index contributed by atoms with van der Waals surface area (Å²) < 4.78 is 1.80. The van der Waals surface area contributed by atoms with Crippen LogP contribution >= 0.6 is 0 Å². The summed E-state index contributed by atoms with van der Waals surface area (Å²) in [4.78, 5) is 0. The molecule has 1 atom stereocenters. The molecule has 0 bridgehead atoms. The molecule has 1 unspecified atom stereocenters. The van der Waals surface area contributed by atoms with Crippen LogP contribution in [0.4, 0.5) is 0 Å². The molecule has 0 amide bonds. The average molecular weight is 238 g/mol. The van der Waals surface area contributed by atoms with Crippen molar-refractivity contribution < 1.29 is 5.11 Å². The Balaban J connectivity index is 2.15. The van der Waals surface area contributed by atoms with Gasteiger partial charge in [0.1, 0.15) is 6.10 Å². The topological polar surface area (TPSA) is 37.5 Å². The van der Waals surface area contributed by atoms with E-state index in [4.69, 9.17) is 0 Å².